The largest absolute Gasteiger partial charge is 0.394 e. The lowest BCUT2D eigenvalue weighted by Gasteiger charge is -2.26. The standard InChI is InChI=1S/C16H25N3O4S/c1-12-6-7-14(24(22,23)19-8-4-3-5-9-19)10-15(12)18-16(21)17-13(2)11-20/h6-7,10,13,20H,3-5,8-9,11H2,1-2H3,(H2,17,18,21)/t13-/m0/s1. The fourth-order valence-electron chi connectivity index (χ4n) is 2.58. The molecule has 8 heteroatoms. The second-order valence-electron chi connectivity index (χ2n) is 6.12. The van der Waals surface area contributed by atoms with Crippen molar-refractivity contribution in [1.29, 1.82) is 0 Å². The number of rotatable bonds is 5. The Morgan fingerprint density at radius 1 is 1.29 bits per heavy atom. The first-order valence-corrected chi connectivity index (χ1v) is 9.58. The highest BCUT2D eigenvalue weighted by Gasteiger charge is 2.26. The minimum atomic E-state index is -3.54. The maximum atomic E-state index is 12.7. The van der Waals surface area contributed by atoms with Gasteiger partial charge in [-0.1, -0.05) is 12.5 Å². The first-order valence-electron chi connectivity index (χ1n) is 8.14. The third kappa shape index (κ3) is 4.46. The molecule has 1 aliphatic rings. The summed E-state index contributed by atoms with van der Waals surface area (Å²) >= 11 is 0. The fourth-order valence-corrected chi connectivity index (χ4v) is 4.12. The quantitative estimate of drug-likeness (QED) is 0.748. The molecule has 1 aliphatic heterocycles. The smallest absolute Gasteiger partial charge is 0.319 e. The first-order chi connectivity index (χ1) is 11.3. The van der Waals surface area contributed by atoms with E-state index in [1.807, 2.05) is 0 Å². The van der Waals surface area contributed by atoms with Crippen molar-refractivity contribution in [3.63, 3.8) is 0 Å². The molecule has 24 heavy (non-hydrogen) atoms. The number of benzene rings is 1. The number of aliphatic hydroxyl groups is 1. The van der Waals surface area contributed by atoms with E-state index in [4.69, 9.17) is 5.11 Å². The molecule has 3 N–H and O–H groups in total. The van der Waals surface area contributed by atoms with Crippen molar-refractivity contribution in [2.24, 2.45) is 0 Å². The molecule has 0 unspecified atom stereocenters. The Kier molecular flexibility index (Phi) is 6.20. The topological polar surface area (TPSA) is 98.7 Å². The van der Waals surface area contributed by atoms with Crippen LogP contribution < -0.4 is 10.6 Å². The average molecular weight is 355 g/mol. The molecule has 1 aromatic carbocycles. The van der Waals surface area contributed by atoms with Gasteiger partial charge in [-0.2, -0.15) is 4.31 Å². The second kappa shape index (κ2) is 7.96. The van der Waals surface area contributed by atoms with Crippen LogP contribution in [0.25, 0.3) is 0 Å². The van der Waals surface area contributed by atoms with E-state index in [0.717, 1.165) is 24.8 Å². The number of piperidine rings is 1. The molecule has 2 rings (SSSR count). The van der Waals surface area contributed by atoms with E-state index in [9.17, 15) is 13.2 Å². The average Bonchev–Trinajstić information content (AvgIpc) is 2.57. The van der Waals surface area contributed by atoms with Gasteiger partial charge in [-0.05, 0) is 44.4 Å². The number of carbonyl (C=O) groups excluding carboxylic acids is 1. The highest BCUT2D eigenvalue weighted by molar-refractivity contribution is 7.89. The van der Waals surface area contributed by atoms with E-state index >= 15 is 0 Å². The molecule has 2 amide bonds. The number of aliphatic hydroxyl groups excluding tert-OH is 1. The molecule has 0 aliphatic carbocycles. The highest BCUT2D eigenvalue weighted by Crippen LogP contribution is 2.25. The minimum Gasteiger partial charge on any atom is -0.394 e. The Morgan fingerprint density at radius 2 is 1.96 bits per heavy atom. The van der Waals surface area contributed by atoms with Crippen LogP contribution in [0.3, 0.4) is 0 Å². The molecule has 0 spiro atoms. The van der Waals surface area contributed by atoms with Crippen molar-refractivity contribution in [3.05, 3.63) is 23.8 Å². The van der Waals surface area contributed by atoms with E-state index in [1.165, 1.54) is 10.4 Å². The lowest BCUT2D eigenvalue weighted by Crippen LogP contribution is -2.38. The van der Waals surface area contributed by atoms with Crippen LogP contribution in [-0.2, 0) is 10.0 Å². The normalized spacial score (nSPS) is 17.3. The van der Waals surface area contributed by atoms with Gasteiger partial charge in [0.1, 0.15) is 0 Å². The first kappa shape index (κ1) is 18.7. The number of carbonyl (C=O) groups is 1. The van der Waals surface area contributed by atoms with Crippen LogP contribution >= 0.6 is 0 Å². The van der Waals surface area contributed by atoms with Gasteiger partial charge in [-0.25, -0.2) is 13.2 Å². The lowest BCUT2D eigenvalue weighted by molar-refractivity contribution is 0.229. The summed E-state index contributed by atoms with van der Waals surface area (Å²) in [5, 5.41) is 14.2. The molecule has 1 saturated heterocycles. The van der Waals surface area contributed by atoms with Gasteiger partial charge < -0.3 is 15.7 Å². The monoisotopic (exact) mass is 355 g/mol. The predicted molar refractivity (Wildman–Crippen MR) is 92.5 cm³/mol. The predicted octanol–water partition coefficient (Wildman–Crippen LogP) is 1.67. The van der Waals surface area contributed by atoms with E-state index in [-0.39, 0.29) is 17.5 Å². The number of sulfonamides is 1. The highest BCUT2D eigenvalue weighted by atomic mass is 32.2. The molecule has 7 nitrogen and oxygen atoms in total. The summed E-state index contributed by atoms with van der Waals surface area (Å²) in [6.07, 6.45) is 2.80. The van der Waals surface area contributed by atoms with Gasteiger partial charge in [0.25, 0.3) is 0 Å². The number of anilines is 1. The van der Waals surface area contributed by atoms with Crippen molar-refractivity contribution in [2.45, 2.75) is 44.0 Å². The second-order valence-corrected chi connectivity index (χ2v) is 8.06. The summed E-state index contributed by atoms with van der Waals surface area (Å²) in [6.45, 7) is 4.36. The zero-order valence-corrected chi connectivity index (χ0v) is 14.9. The van der Waals surface area contributed by atoms with Crippen molar-refractivity contribution in [3.8, 4) is 0 Å². The Balaban J connectivity index is 2.20. The third-order valence-electron chi connectivity index (χ3n) is 4.06. The number of nitrogens with zero attached hydrogens (tertiary/aromatic N) is 1. The van der Waals surface area contributed by atoms with Crippen LogP contribution in [0.15, 0.2) is 23.1 Å². The summed E-state index contributed by atoms with van der Waals surface area (Å²) in [6, 6.07) is 3.88. The maximum absolute atomic E-state index is 12.7. The summed E-state index contributed by atoms with van der Waals surface area (Å²) in [4.78, 5) is 12.1. The van der Waals surface area contributed by atoms with Crippen molar-refractivity contribution in [1.82, 2.24) is 9.62 Å². The Bertz CT molecular complexity index is 685. The summed E-state index contributed by atoms with van der Waals surface area (Å²) in [5.74, 6) is 0. The molecule has 1 aromatic rings. The molecule has 1 heterocycles. The number of nitrogens with one attached hydrogen (secondary N) is 2. The van der Waals surface area contributed by atoms with E-state index in [1.54, 1.807) is 26.0 Å². The van der Waals surface area contributed by atoms with Crippen LogP contribution in [0.4, 0.5) is 10.5 Å². The Labute approximate surface area is 143 Å². The van der Waals surface area contributed by atoms with Gasteiger partial charge in [-0.15, -0.1) is 0 Å². The van der Waals surface area contributed by atoms with Crippen LogP contribution in [0, 0.1) is 6.92 Å². The maximum Gasteiger partial charge on any atom is 0.319 e. The summed E-state index contributed by atoms with van der Waals surface area (Å²) < 4.78 is 26.9. The molecular weight excluding hydrogens is 330 g/mol. The number of aryl methyl sites for hydroxylation is 1. The molecule has 0 aromatic heterocycles. The van der Waals surface area contributed by atoms with Crippen molar-refractivity contribution in [2.75, 3.05) is 25.0 Å². The van der Waals surface area contributed by atoms with Gasteiger partial charge in [-0.3, -0.25) is 0 Å². The number of urea groups is 1. The van der Waals surface area contributed by atoms with Crippen molar-refractivity contribution < 1.29 is 18.3 Å². The van der Waals surface area contributed by atoms with Crippen LogP contribution in [0.1, 0.15) is 31.7 Å². The lowest BCUT2D eigenvalue weighted by atomic mass is 10.2. The SMILES string of the molecule is Cc1ccc(S(=O)(=O)N2CCCCC2)cc1NC(=O)N[C@@H](C)CO. The molecule has 1 atom stereocenters. The zero-order chi connectivity index (χ0) is 17.7. The zero-order valence-electron chi connectivity index (χ0n) is 14.1. The Hall–Kier alpha value is -1.64. The van der Waals surface area contributed by atoms with E-state index in [0.29, 0.717) is 18.8 Å². The third-order valence-corrected chi connectivity index (χ3v) is 5.96. The molecule has 0 bridgehead atoms. The minimum absolute atomic E-state index is 0.171. The molecule has 1 fully saturated rings. The fraction of sp³-hybridized carbons (Fsp3) is 0.562. The summed E-state index contributed by atoms with van der Waals surface area (Å²) in [5.41, 5.74) is 1.20. The number of amides is 2. The van der Waals surface area contributed by atoms with Gasteiger partial charge in [0, 0.05) is 18.8 Å². The van der Waals surface area contributed by atoms with Gasteiger partial charge in [0.05, 0.1) is 17.5 Å². The molecule has 134 valence electrons. The van der Waals surface area contributed by atoms with Gasteiger partial charge in [0.2, 0.25) is 10.0 Å². The molecule has 0 radical (unpaired) electrons. The van der Waals surface area contributed by atoms with Gasteiger partial charge in [0.15, 0.2) is 0 Å². The molecule has 0 saturated carbocycles. The molecular formula is C16H25N3O4S. The van der Waals surface area contributed by atoms with Crippen LogP contribution in [-0.4, -0.2) is 49.6 Å². The van der Waals surface area contributed by atoms with Crippen molar-refractivity contribution >= 4 is 21.7 Å². The van der Waals surface area contributed by atoms with Crippen LogP contribution in [0.2, 0.25) is 0 Å². The van der Waals surface area contributed by atoms with E-state index in [2.05, 4.69) is 10.6 Å². The van der Waals surface area contributed by atoms with E-state index < -0.39 is 16.1 Å². The summed E-state index contributed by atoms with van der Waals surface area (Å²) in [7, 11) is -3.54. The van der Waals surface area contributed by atoms with Crippen LogP contribution in [0.5, 0.6) is 0 Å². The number of hydrogen-bond acceptors (Lipinski definition) is 4. The number of hydrogen-bond donors (Lipinski definition) is 3. The van der Waals surface area contributed by atoms with Gasteiger partial charge >= 0.3 is 6.03 Å². The Morgan fingerprint density at radius 3 is 2.58 bits per heavy atom.